The van der Waals surface area contributed by atoms with Crippen molar-refractivity contribution in [2.24, 2.45) is 0 Å². The zero-order chi connectivity index (χ0) is 17.3. The highest BCUT2D eigenvalue weighted by molar-refractivity contribution is 5.94. The number of benzene rings is 2. The molecule has 1 aliphatic heterocycles. The minimum absolute atomic E-state index is 0.0232. The van der Waals surface area contributed by atoms with Gasteiger partial charge in [0.25, 0.3) is 0 Å². The van der Waals surface area contributed by atoms with Gasteiger partial charge in [-0.05, 0) is 61.4 Å². The summed E-state index contributed by atoms with van der Waals surface area (Å²) in [6, 6.07) is 11.5. The number of carbonyl (C=O) groups is 2. The molecule has 0 spiro atoms. The predicted octanol–water partition coefficient (Wildman–Crippen LogP) is 3.94. The molecule has 0 saturated carbocycles. The first-order valence-electron chi connectivity index (χ1n) is 7.90. The van der Waals surface area contributed by atoms with E-state index in [0.29, 0.717) is 12.0 Å². The van der Waals surface area contributed by atoms with Crippen LogP contribution in [-0.2, 0) is 4.79 Å². The molecule has 24 heavy (non-hydrogen) atoms. The minimum Gasteiger partial charge on any atom is -0.378 e. The van der Waals surface area contributed by atoms with Crippen LogP contribution < -0.4 is 10.2 Å². The van der Waals surface area contributed by atoms with Crippen molar-refractivity contribution in [1.29, 1.82) is 0 Å². The largest absolute Gasteiger partial charge is 0.378 e. The predicted molar refractivity (Wildman–Crippen MR) is 91.8 cm³/mol. The van der Waals surface area contributed by atoms with Crippen molar-refractivity contribution in [3.05, 3.63) is 59.4 Å². The maximum Gasteiger partial charge on any atom is 0.224 e. The van der Waals surface area contributed by atoms with Gasteiger partial charge in [-0.3, -0.25) is 9.59 Å². The molecule has 0 fully saturated rings. The lowest BCUT2D eigenvalue weighted by atomic mass is 9.90. The van der Waals surface area contributed by atoms with Crippen molar-refractivity contribution in [3.63, 3.8) is 0 Å². The Morgan fingerprint density at radius 2 is 1.96 bits per heavy atom. The molecule has 1 N–H and O–H groups in total. The smallest absolute Gasteiger partial charge is 0.224 e. The highest BCUT2D eigenvalue weighted by Crippen LogP contribution is 2.39. The fourth-order valence-corrected chi connectivity index (χ4v) is 3.32. The van der Waals surface area contributed by atoms with E-state index in [4.69, 9.17) is 0 Å². The van der Waals surface area contributed by atoms with Crippen LogP contribution in [0, 0.1) is 5.82 Å². The van der Waals surface area contributed by atoms with Gasteiger partial charge in [0.2, 0.25) is 5.91 Å². The molecule has 1 amide bonds. The average Bonchev–Trinajstić information content (AvgIpc) is 2.56. The Bertz CT molecular complexity index is 773. The van der Waals surface area contributed by atoms with Gasteiger partial charge in [-0.1, -0.05) is 0 Å². The van der Waals surface area contributed by atoms with Crippen LogP contribution in [-0.4, -0.2) is 18.2 Å². The van der Waals surface area contributed by atoms with Crippen LogP contribution >= 0.6 is 0 Å². The van der Waals surface area contributed by atoms with E-state index in [9.17, 15) is 14.0 Å². The molecule has 1 heterocycles. The Morgan fingerprint density at radius 1 is 1.25 bits per heavy atom. The molecule has 2 atom stereocenters. The number of carbonyl (C=O) groups excluding carboxylic acids is 2. The molecule has 3 rings (SSSR count). The third-order valence-corrected chi connectivity index (χ3v) is 4.36. The monoisotopic (exact) mass is 326 g/mol. The molecule has 2 unspecified atom stereocenters. The molecule has 5 heteroatoms. The summed E-state index contributed by atoms with van der Waals surface area (Å²) in [6.07, 6.45) is 1.50. The Hall–Kier alpha value is -2.69. The summed E-state index contributed by atoms with van der Waals surface area (Å²) in [5.74, 6) is -0.313. The van der Waals surface area contributed by atoms with Gasteiger partial charge in [0, 0.05) is 29.9 Å². The summed E-state index contributed by atoms with van der Waals surface area (Å²) < 4.78 is 13.1. The van der Waals surface area contributed by atoms with E-state index < -0.39 is 0 Å². The summed E-state index contributed by atoms with van der Waals surface area (Å²) in [7, 11) is 0. The second kappa shape index (κ2) is 6.43. The summed E-state index contributed by atoms with van der Waals surface area (Å²) in [5, 5.41) is 3.38. The van der Waals surface area contributed by atoms with Crippen molar-refractivity contribution in [2.45, 2.75) is 32.4 Å². The van der Waals surface area contributed by atoms with Crippen LogP contribution in [0.1, 0.15) is 42.2 Å². The number of hydrogen-bond donors (Lipinski definition) is 1. The molecule has 4 nitrogen and oxygen atoms in total. The normalized spacial score (nSPS) is 19.5. The number of hydrogen-bond acceptors (Lipinski definition) is 3. The van der Waals surface area contributed by atoms with Crippen molar-refractivity contribution >= 4 is 23.6 Å². The van der Waals surface area contributed by atoms with E-state index in [1.54, 1.807) is 30.0 Å². The van der Waals surface area contributed by atoms with Crippen molar-refractivity contribution in [1.82, 2.24) is 0 Å². The Labute approximate surface area is 140 Å². The fraction of sp³-hybridized carbons (Fsp3) is 0.263. The number of anilines is 2. The fourth-order valence-electron chi connectivity index (χ4n) is 3.32. The van der Waals surface area contributed by atoms with E-state index in [0.717, 1.165) is 23.2 Å². The molecule has 0 aliphatic carbocycles. The van der Waals surface area contributed by atoms with Crippen LogP contribution in [0.4, 0.5) is 15.8 Å². The van der Waals surface area contributed by atoms with Crippen LogP contribution in [0.5, 0.6) is 0 Å². The van der Waals surface area contributed by atoms with Gasteiger partial charge in [0.15, 0.2) is 0 Å². The van der Waals surface area contributed by atoms with Gasteiger partial charge < -0.3 is 10.2 Å². The second-order valence-electron chi connectivity index (χ2n) is 6.11. The van der Waals surface area contributed by atoms with Crippen LogP contribution in [0.2, 0.25) is 0 Å². The third-order valence-electron chi connectivity index (χ3n) is 4.36. The Balaban J connectivity index is 2.01. The van der Waals surface area contributed by atoms with Crippen molar-refractivity contribution < 1.29 is 14.0 Å². The lowest BCUT2D eigenvalue weighted by Gasteiger charge is -2.39. The minimum atomic E-state index is -0.288. The Morgan fingerprint density at radius 3 is 2.58 bits per heavy atom. The second-order valence-corrected chi connectivity index (χ2v) is 6.11. The first kappa shape index (κ1) is 16.2. The number of nitrogens with zero attached hydrogens (tertiary/aromatic N) is 1. The Kier molecular flexibility index (Phi) is 4.34. The average molecular weight is 326 g/mol. The molecule has 0 radical (unpaired) electrons. The number of amides is 1. The summed E-state index contributed by atoms with van der Waals surface area (Å²) >= 11 is 0. The zero-order valence-electron chi connectivity index (χ0n) is 13.6. The van der Waals surface area contributed by atoms with Crippen molar-refractivity contribution in [3.8, 4) is 0 Å². The van der Waals surface area contributed by atoms with Crippen LogP contribution in [0.15, 0.2) is 42.5 Å². The van der Waals surface area contributed by atoms with Gasteiger partial charge in [0.05, 0.1) is 6.04 Å². The van der Waals surface area contributed by atoms with Gasteiger partial charge in [-0.2, -0.15) is 0 Å². The summed E-state index contributed by atoms with van der Waals surface area (Å²) in [5.41, 5.74) is 3.08. The SMILES string of the molecule is CC(=O)N1c2ccc(C=O)cc2C(Nc2ccc(F)cc2)CC1C. The highest BCUT2D eigenvalue weighted by atomic mass is 19.1. The van der Waals surface area contributed by atoms with E-state index in [2.05, 4.69) is 5.32 Å². The molecule has 0 bridgehead atoms. The topological polar surface area (TPSA) is 49.4 Å². The lowest BCUT2D eigenvalue weighted by molar-refractivity contribution is -0.117. The standard InChI is InChI=1S/C19H19FN2O2/c1-12-9-18(21-16-6-4-15(20)5-7-16)17-10-14(11-23)3-8-19(17)22(12)13(2)24/h3-8,10-12,18,21H,9H2,1-2H3. The lowest BCUT2D eigenvalue weighted by Crippen LogP contribution is -2.43. The quantitative estimate of drug-likeness (QED) is 0.869. The molecule has 124 valence electrons. The maximum atomic E-state index is 13.1. The molecule has 1 aliphatic rings. The number of nitrogens with one attached hydrogen (secondary N) is 1. The number of halogens is 1. The molecular formula is C19H19FN2O2. The van der Waals surface area contributed by atoms with Gasteiger partial charge >= 0.3 is 0 Å². The first-order chi connectivity index (χ1) is 11.5. The third kappa shape index (κ3) is 3.02. The van der Waals surface area contributed by atoms with Gasteiger partial charge in [-0.15, -0.1) is 0 Å². The van der Waals surface area contributed by atoms with Gasteiger partial charge in [-0.25, -0.2) is 4.39 Å². The van der Waals surface area contributed by atoms with E-state index in [1.165, 1.54) is 12.1 Å². The van der Waals surface area contributed by atoms with Gasteiger partial charge in [0.1, 0.15) is 12.1 Å². The maximum absolute atomic E-state index is 13.1. The van der Waals surface area contributed by atoms with Crippen molar-refractivity contribution in [2.75, 3.05) is 10.2 Å². The van der Waals surface area contributed by atoms with E-state index >= 15 is 0 Å². The zero-order valence-corrected chi connectivity index (χ0v) is 13.6. The molecule has 0 saturated heterocycles. The molecule has 2 aromatic rings. The van der Waals surface area contributed by atoms with Crippen LogP contribution in [0.3, 0.4) is 0 Å². The molecular weight excluding hydrogens is 307 g/mol. The highest BCUT2D eigenvalue weighted by Gasteiger charge is 2.32. The van der Waals surface area contributed by atoms with Crippen LogP contribution in [0.25, 0.3) is 0 Å². The van der Waals surface area contributed by atoms with E-state index in [-0.39, 0.29) is 23.8 Å². The van der Waals surface area contributed by atoms with E-state index in [1.807, 2.05) is 19.1 Å². The number of rotatable bonds is 3. The number of fused-ring (bicyclic) bond motifs is 1. The number of aldehydes is 1. The first-order valence-corrected chi connectivity index (χ1v) is 7.90. The summed E-state index contributed by atoms with van der Waals surface area (Å²) in [4.78, 5) is 24.9. The molecule has 0 aromatic heterocycles. The molecule has 2 aromatic carbocycles. The summed E-state index contributed by atoms with van der Waals surface area (Å²) in [6.45, 7) is 3.54.